The number of nitrogens with one attached hydrogen (secondary N) is 1. The standard InChI is InChI=1S/C74H49N3/c1-73(2)57-32-8-10-34-59(57)74(60-35-11-9-33-58(60)73)61-36-18-30-53-52-28-6-13-38-65(52)77-66-39-14-7-29-55(66)68-56(44-62(74)70(69(53)61)72(68)77)48-24-15-22-46(42-48)47-23-16-25-49(43-47)76(64-40-17-21-45-20-3-4-26-50(45)64)67-41-19-31-54-51-27-5-12-37-63(51)75-71(54)67/h3-44,75H,1-2H3. The number of H-pyrrole nitrogens is 1. The van der Waals surface area contributed by atoms with Gasteiger partial charge in [0.15, 0.2) is 0 Å². The molecule has 0 saturated heterocycles. The van der Waals surface area contributed by atoms with Gasteiger partial charge in [-0.3, -0.25) is 0 Å². The predicted octanol–water partition coefficient (Wildman–Crippen LogP) is 19.4. The number of nitrogens with zero attached hydrogens (tertiary/aromatic N) is 2. The van der Waals surface area contributed by atoms with E-state index in [4.69, 9.17) is 0 Å². The number of aromatic amines is 1. The smallest absolute Gasteiger partial charge is 0.0720 e. The fourth-order valence-corrected chi connectivity index (χ4v) is 14.7. The summed E-state index contributed by atoms with van der Waals surface area (Å²) < 4.78 is 2.61. The van der Waals surface area contributed by atoms with E-state index in [2.05, 4.69) is 283 Å². The minimum Gasteiger partial charge on any atom is -0.353 e. The Labute approximate surface area is 446 Å². The summed E-state index contributed by atoms with van der Waals surface area (Å²) in [5.74, 6) is 0. The molecule has 77 heavy (non-hydrogen) atoms. The van der Waals surface area contributed by atoms with Gasteiger partial charge < -0.3 is 14.5 Å². The summed E-state index contributed by atoms with van der Waals surface area (Å²) >= 11 is 0. The average Bonchev–Trinajstić information content (AvgIpc) is 2.97. The zero-order valence-electron chi connectivity index (χ0n) is 42.6. The Morgan fingerprint density at radius 3 is 1.82 bits per heavy atom. The van der Waals surface area contributed by atoms with Crippen LogP contribution in [0.15, 0.2) is 255 Å². The normalized spacial score (nSPS) is 14.1. The van der Waals surface area contributed by atoms with Crippen LogP contribution in [0.3, 0.4) is 0 Å². The number of anilines is 3. The molecule has 0 atom stereocenters. The first-order valence-electron chi connectivity index (χ1n) is 27.0. The zero-order valence-corrected chi connectivity index (χ0v) is 42.6. The summed E-state index contributed by atoms with van der Waals surface area (Å²) in [6.07, 6.45) is 0. The number of para-hydroxylation sites is 4. The van der Waals surface area contributed by atoms with Crippen molar-refractivity contribution in [3.05, 3.63) is 288 Å². The molecule has 0 unspecified atom stereocenters. The lowest BCUT2D eigenvalue weighted by Crippen LogP contribution is -2.40. The number of fused-ring (bicyclic) bond motifs is 16. The molecule has 0 saturated carbocycles. The predicted molar refractivity (Wildman–Crippen MR) is 322 cm³/mol. The lowest BCUT2D eigenvalue weighted by molar-refractivity contribution is 0.563. The summed E-state index contributed by atoms with van der Waals surface area (Å²) in [4.78, 5) is 6.30. The van der Waals surface area contributed by atoms with Crippen molar-refractivity contribution >= 4 is 71.4 Å². The third kappa shape index (κ3) is 5.55. The van der Waals surface area contributed by atoms with E-state index in [1.165, 1.54) is 116 Å². The first kappa shape index (κ1) is 42.6. The van der Waals surface area contributed by atoms with Crippen LogP contribution < -0.4 is 4.90 Å². The summed E-state index contributed by atoms with van der Waals surface area (Å²) in [5.41, 5.74) is 26.6. The Kier molecular flexibility index (Phi) is 8.55. The van der Waals surface area contributed by atoms with Crippen LogP contribution in [0, 0.1) is 0 Å². The van der Waals surface area contributed by atoms with Gasteiger partial charge >= 0.3 is 0 Å². The van der Waals surface area contributed by atoms with Gasteiger partial charge in [0.25, 0.3) is 0 Å². The Balaban J connectivity index is 0.940. The lowest BCUT2D eigenvalue weighted by atomic mass is 9.55. The lowest BCUT2D eigenvalue weighted by Gasteiger charge is -2.46. The minimum absolute atomic E-state index is 0.210. The molecule has 0 bridgehead atoms. The summed E-state index contributed by atoms with van der Waals surface area (Å²) in [7, 11) is 0. The van der Waals surface area contributed by atoms with Crippen LogP contribution in [-0.4, -0.2) is 9.55 Å². The first-order chi connectivity index (χ1) is 38.0. The summed E-state index contributed by atoms with van der Waals surface area (Å²) in [5, 5.41) is 7.36. The van der Waals surface area contributed by atoms with Crippen LogP contribution >= 0.6 is 0 Å². The third-order valence-corrected chi connectivity index (χ3v) is 17.9. The van der Waals surface area contributed by atoms with E-state index in [0.717, 1.165) is 39.2 Å². The van der Waals surface area contributed by atoms with E-state index in [-0.39, 0.29) is 5.41 Å². The van der Waals surface area contributed by atoms with Gasteiger partial charge in [0, 0.05) is 54.7 Å². The van der Waals surface area contributed by atoms with Gasteiger partial charge in [-0.15, -0.1) is 0 Å². The van der Waals surface area contributed by atoms with E-state index >= 15 is 0 Å². The zero-order chi connectivity index (χ0) is 50.7. The Morgan fingerprint density at radius 2 is 0.974 bits per heavy atom. The fraction of sp³-hybridized carbons (Fsp3) is 0.0541. The molecular formula is C74H49N3. The second kappa shape index (κ2) is 15.4. The monoisotopic (exact) mass is 979 g/mol. The highest BCUT2D eigenvalue weighted by molar-refractivity contribution is 6.24. The van der Waals surface area contributed by atoms with E-state index < -0.39 is 5.41 Å². The van der Waals surface area contributed by atoms with E-state index in [1.807, 2.05) is 0 Å². The highest BCUT2D eigenvalue weighted by Crippen LogP contribution is 2.67. The van der Waals surface area contributed by atoms with Crippen molar-refractivity contribution in [3.8, 4) is 50.2 Å². The molecule has 2 aliphatic carbocycles. The first-order valence-corrected chi connectivity index (χ1v) is 27.0. The summed E-state index contributed by atoms with van der Waals surface area (Å²) in [6.45, 7) is 4.83. The minimum atomic E-state index is -0.579. The molecule has 1 N–H and O–H groups in total. The topological polar surface area (TPSA) is 24.0 Å². The maximum absolute atomic E-state index is 3.85. The van der Waals surface area contributed by atoms with Gasteiger partial charge in [-0.25, -0.2) is 0 Å². The molecule has 1 aliphatic heterocycles. The highest BCUT2D eigenvalue weighted by Gasteiger charge is 2.55. The van der Waals surface area contributed by atoms with E-state index in [9.17, 15) is 0 Å². The second-order valence-corrected chi connectivity index (χ2v) is 22.0. The molecule has 0 amide bonds. The van der Waals surface area contributed by atoms with Crippen molar-refractivity contribution in [1.82, 2.24) is 9.55 Å². The van der Waals surface area contributed by atoms with Crippen LogP contribution in [0.5, 0.6) is 0 Å². The molecule has 360 valence electrons. The molecule has 0 fully saturated rings. The number of aromatic nitrogens is 2. The Morgan fingerprint density at radius 1 is 0.390 bits per heavy atom. The molecule has 17 rings (SSSR count). The molecule has 3 nitrogen and oxygen atoms in total. The quantitative estimate of drug-likeness (QED) is 0.183. The van der Waals surface area contributed by atoms with Crippen molar-refractivity contribution in [3.63, 3.8) is 0 Å². The maximum Gasteiger partial charge on any atom is 0.0720 e. The Bertz CT molecular complexity index is 4810. The van der Waals surface area contributed by atoms with Crippen LogP contribution in [0.4, 0.5) is 17.1 Å². The molecule has 1 spiro atoms. The average molecular weight is 980 g/mol. The third-order valence-electron chi connectivity index (χ3n) is 17.9. The van der Waals surface area contributed by atoms with Gasteiger partial charge in [-0.1, -0.05) is 214 Å². The van der Waals surface area contributed by atoms with Crippen molar-refractivity contribution in [2.24, 2.45) is 0 Å². The number of hydrogen-bond donors (Lipinski definition) is 1. The van der Waals surface area contributed by atoms with Gasteiger partial charge in [-0.05, 0) is 127 Å². The van der Waals surface area contributed by atoms with E-state index in [1.54, 1.807) is 0 Å². The van der Waals surface area contributed by atoms with Crippen LogP contribution in [-0.2, 0) is 10.8 Å². The van der Waals surface area contributed by atoms with Gasteiger partial charge in [0.1, 0.15) is 0 Å². The number of hydrogen-bond acceptors (Lipinski definition) is 1. The molecular weight excluding hydrogens is 931 g/mol. The Hall–Kier alpha value is -9.70. The summed E-state index contributed by atoms with van der Waals surface area (Å²) in [6, 6.07) is 95.9. The van der Waals surface area contributed by atoms with Gasteiger partial charge in [-0.2, -0.15) is 0 Å². The molecule has 0 radical (unpaired) electrons. The molecule has 12 aromatic carbocycles. The van der Waals surface area contributed by atoms with Crippen molar-refractivity contribution in [1.29, 1.82) is 0 Å². The van der Waals surface area contributed by atoms with Gasteiger partial charge in [0.05, 0.1) is 39.0 Å². The van der Waals surface area contributed by atoms with Crippen molar-refractivity contribution < 1.29 is 0 Å². The van der Waals surface area contributed by atoms with Gasteiger partial charge in [0.2, 0.25) is 0 Å². The van der Waals surface area contributed by atoms with Crippen LogP contribution in [0.25, 0.3) is 105 Å². The largest absolute Gasteiger partial charge is 0.353 e. The highest BCUT2D eigenvalue weighted by atomic mass is 15.2. The SMILES string of the molecule is CC1(C)c2ccccc2C2(c3ccccc31)c1cccc3c1-c1c2cc(-c2cccc(-c4cccc(N(c5cccc6ccccc56)c5cccc6c5[nH]c5ccccc56)c4)c2)c2c4ccccc4n(c12)-c1ccccc1-3. The molecule has 2 aromatic heterocycles. The second-order valence-electron chi connectivity index (χ2n) is 22.0. The molecule has 3 heterocycles. The number of rotatable bonds is 5. The van der Waals surface area contributed by atoms with Crippen LogP contribution in [0.2, 0.25) is 0 Å². The van der Waals surface area contributed by atoms with Crippen molar-refractivity contribution in [2.75, 3.05) is 4.90 Å². The van der Waals surface area contributed by atoms with Crippen molar-refractivity contribution in [2.45, 2.75) is 24.7 Å². The molecule has 3 heteroatoms. The molecule has 3 aliphatic rings. The fourth-order valence-electron chi connectivity index (χ4n) is 14.7. The number of benzene rings is 12. The maximum atomic E-state index is 3.85. The van der Waals surface area contributed by atoms with Crippen LogP contribution in [0.1, 0.15) is 47.2 Å². The molecule has 14 aromatic rings. The van der Waals surface area contributed by atoms with E-state index in [0.29, 0.717) is 0 Å².